The number of amides is 1. The first kappa shape index (κ1) is 23.2. The molecule has 1 heterocycles. The summed E-state index contributed by atoms with van der Waals surface area (Å²) in [5, 5.41) is 0. The van der Waals surface area contributed by atoms with Crippen LogP contribution >= 0.6 is 15.9 Å². The van der Waals surface area contributed by atoms with Gasteiger partial charge in [-0.15, -0.1) is 0 Å². The van der Waals surface area contributed by atoms with E-state index in [1.807, 2.05) is 38.5 Å². The standard InChI is InChI=1S/C18H34BrN3O3Si/c1-8-9-21(17(23)25-18(2,3)4)13-16-20-15(19)12-22(16)14-24-10-11-26(5,6)7/h12H,8-11,13-14H2,1-7H3. The lowest BCUT2D eigenvalue weighted by atomic mass is 10.2. The van der Waals surface area contributed by atoms with Gasteiger partial charge in [0.05, 0.1) is 6.54 Å². The number of rotatable bonds is 9. The molecule has 0 N–H and O–H groups in total. The molecular formula is C18H34BrN3O3Si. The number of nitrogens with zero attached hydrogens (tertiary/aromatic N) is 3. The first-order chi connectivity index (χ1) is 11.9. The van der Waals surface area contributed by atoms with Gasteiger partial charge in [0.1, 0.15) is 22.8 Å². The molecule has 0 unspecified atom stereocenters. The number of hydrogen-bond donors (Lipinski definition) is 0. The van der Waals surface area contributed by atoms with Crippen molar-refractivity contribution in [2.75, 3.05) is 13.2 Å². The quantitative estimate of drug-likeness (QED) is 0.389. The smallest absolute Gasteiger partial charge is 0.410 e. The van der Waals surface area contributed by atoms with Crippen molar-refractivity contribution in [3.05, 3.63) is 16.6 Å². The van der Waals surface area contributed by atoms with Crippen LogP contribution in [-0.4, -0.2) is 47.4 Å². The third kappa shape index (κ3) is 9.18. The minimum atomic E-state index is -1.11. The molecule has 1 aromatic rings. The van der Waals surface area contributed by atoms with Crippen LogP contribution < -0.4 is 0 Å². The molecule has 1 amide bonds. The van der Waals surface area contributed by atoms with Crippen LogP contribution in [0.1, 0.15) is 39.9 Å². The summed E-state index contributed by atoms with van der Waals surface area (Å²) in [6.07, 6.45) is 2.43. The number of hydrogen-bond acceptors (Lipinski definition) is 4. The van der Waals surface area contributed by atoms with Gasteiger partial charge in [0, 0.05) is 27.4 Å². The molecule has 150 valence electrons. The lowest BCUT2D eigenvalue weighted by molar-refractivity contribution is 0.0218. The van der Waals surface area contributed by atoms with E-state index in [1.165, 1.54) is 0 Å². The molecule has 0 fully saturated rings. The van der Waals surface area contributed by atoms with Crippen molar-refractivity contribution in [3.8, 4) is 0 Å². The van der Waals surface area contributed by atoms with Gasteiger partial charge in [-0.1, -0.05) is 26.6 Å². The highest BCUT2D eigenvalue weighted by atomic mass is 79.9. The van der Waals surface area contributed by atoms with E-state index < -0.39 is 13.7 Å². The topological polar surface area (TPSA) is 56.6 Å². The number of imidazole rings is 1. The summed E-state index contributed by atoms with van der Waals surface area (Å²) in [5.41, 5.74) is -0.515. The van der Waals surface area contributed by atoms with Gasteiger partial charge >= 0.3 is 6.09 Å². The lowest BCUT2D eigenvalue weighted by Crippen LogP contribution is -2.37. The molecule has 0 aliphatic heterocycles. The Hall–Kier alpha value is -0.863. The van der Waals surface area contributed by atoms with Gasteiger partial charge in [-0.25, -0.2) is 9.78 Å². The maximum Gasteiger partial charge on any atom is 0.410 e. The first-order valence-electron chi connectivity index (χ1n) is 9.18. The van der Waals surface area contributed by atoms with E-state index in [4.69, 9.17) is 9.47 Å². The molecule has 1 rings (SSSR count). The third-order valence-electron chi connectivity index (χ3n) is 3.53. The summed E-state index contributed by atoms with van der Waals surface area (Å²) in [6, 6.07) is 1.12. The van der Waals surface area contributed by atoms with Crippen molar-refractivity contribution in [1.29, 1.82) is 0 Å². The third-order valence-corrected chi connectivity index (χ3v) is 5.62. The van der Waals surface area contributed by atoms with Crippen molar-refractivity contribution in [1.82, 2.24) is 14.5 Å². The summed E-state index contributed by atoms with van der Waals surface area (Å²) >= 11 is 3.42. The Bertz CT molecular complexity index is 579. The Morgan fingerprint density at radius 2 is 2.00 bits per heavy atom. The zero-order valence-electron chi connectivity index (χ0n) is 17.3. The molecule has 0 bridgehead atoms. The predicted octanol–water partition coefficient (Wildman–Crippen LogP) is 5.11. The molecule has 1 aromatic heterocycles. The largest absolute Gasteiger partial charge is 0.444 e. The maximum atomic E-state index is 12.5. The van der Waals surface area contributed by atoms with Crippen molar-refractivity contribution in [2.45, 2.75) is 78.7 Å². The zero-order valence-corrected chi connectivity index (χ0v) is 19.9. The van der Waals surface area contributed by atoms with Crippen molar-refractivity contribution >= 4 is 30.1 Å². The fourth-order valence-electron chi connectivity index (χ4n) is 2.20. The normalized spacial score (nSPS) is 12.3. The molecule has 8 heteroatoms. The van der Waals surface area contributed by atoms with Crippen molar-refractivity contribution < 1.29 is 14.3 Å². The first-order valence-corrected chi connectivity index (χ1v) is 13.7. The van der Waals surface area contributed by atoms with Gasteiger partial charge in [-0.2, -0.15) is 0 Å². The minimum Gasteiger partial charge on any atom is -0.444 e. The van der Waals surface area contributed by atoms with Crippen LogP contribution in [0.5, 0.6) is 0 Å². The van der Waals surface area contributed by atoms with Crippen molar-refractivity contribution in [3.63, 3.8) is 0 Å². The number of carbonyl (C=O) groups is 1. The second-order valence-electron chi connectivity index (χ2n) is 8.70. The van der Waals surface area contributed by atoms with Gasteiger partial charge < -0.3 is 18.9 Å². The number of aromatic nitrogens is 2. The minimum absolute atomic E-state index is 0.315. The monoisotopic (exact) mass is 447 g/mol. The lowest BCUT2D eigenvalue weighted by Gasteiger charge is -2.27. The average molecular weight is 448 g/mol. The van der Waals surface area contributed by atoms with Crippen LogP contribution in [0.15, 0.2) is 10.8 Å². The maximum absolute atomic E-state index is 12.5. The summed E-state index contributed by atoms with van der Waals surface area (Å²) in [6.45, 7) is 16.9. The van der Waals surface area contributed by atoms with E-state index in [0.717, 1.165) is 29.5 Å². The molecule has 0 saturated heterocycles. The van der Waals surface area contributed by atoms with Crippen LogP contribution in [0.4, 0.5) is 4.79 Å². The Morgan fingerprint density at radius 3 is 2.54 bits per heavy atom. The predicted molar refractivity (Wildman–Crippen MR) is 111 cm³/mol. The second-order valence-corrected chi connectivity index (χ2v) is 15.1. The van der Waals surface area contributed by atoms with E-state index >= 15 is 0 Å². The Labute approximate surface area is 167 Å². The highest BCUT2D eigenvalue weighted by Crippen LogP contribution is 2.16. The zero-order chi connectivity index (χ0) is 20.0. The van der Waals surface area contributed by atoms with Crippen LogP contribution in [0, 0.1) is 0 Å². The van der Waals surface area contributed by atoms with E-state index in [0.29, 0.717) is 19.8 Å². The molecule has 26 heavy (non-hydrogen) atoms. The van der Waals surface area contributed by atoms with E-state index in [1.54, 1.807) is 4.90 Å². The van der Waals surface area contributed by atoms with Crippen LogP contribution in [-0.2, 0) is 22.7 Å². The number of carbonyl (C=O) groups excluding carboxylic acids is 1. The Kier molecular flexibility index (Phi) is 8.82. The Balaban J connectivity index is 2.75. The van der Waals surface area contributed by atoms with Gasteiger partial charge in [0.25, 0.3) is 0 Å². The average Bonchev–Trinajstić information content (AvgIpc) is 2.80. The summed E-state index contributed by atoms with van der Waals surface area (Å²) in [7, 11) is -1.11. The molecule has 0 aliphatic carbocycles. The summed E-state index contributed by atoms with van der Waals surface area (Å²) in [5.74, 6) is 0.782. The number of ether oxygens (including phenoxy) is 2. The molecule has 6 nitrogen and oxygen atoms in total. The SMILES string of the molecule is CCCN(Cc1nc(Br)cn1COCC[Si](C)(C)C)C(=O)OC(C)(C)C. The molecular weight excluding hydrogens is 414 g/mol. The Morgan fingerprint density at radius 1 is 1.35 bits per heavy atom. The molecule has 0 aliphatic rings. The second kappa shape index (κ2) is 9.89. The van der Waals surface area contributed by atoms with Crippen LogP contribution in [0.25, 0.3) is 0 Å². The number of halogens is 1. The molecule has 0 atom stereocenters. The van der Waals surface area contributed by atoms with Gasteiger partial charge in [0.15, 0.2) is 0 Å². The molecule has 0 radical (unpaired) electrons. The van der Waals surface area contributed by atoms with Crippen LogP contribution in [0.3, 0.4) is 0 Å². The van der Waals surface area contributed by atoms with E-state index in [-0.39, 0.29) is 6.09 Å². The van der Waals surface area contributed by atoms with Gasteiger partial charge in [-0.3, -0.25) is 0 Å². The van der Waals surface area contributed by atoms with Crippen LogP contribution in [0.2, 0.25) is 25.7 Å². The highest BCUT2D eigenvalue weighted by Gasteiger charge is 2.23. The van der Waals surface area contributed by atoms with E-state index in [2.05, 4.69) is 40.6 Å². The summed E-state index contributed by atoms with van der Waals surface area (Å²) in [4.78, 5) is 18.7. The molecule has 0 aromatic carbocycles. The van der Waals surface area contributed by atoms with Gasteiger partial charge in [-0.05, 0) is 49.2 Å². The summed E-state index contributed by atoms with van der Waals surface area (Å²) < 4.78 is 14.0. The van der Waals surface area contributed by atoms with Crippen molar-refractivity contribution in [2.24, 2.45) is 0 Å². The van der Waals surface area contributed by atoms with Gasteiger partial charge in [0.2, 0.25) is 0 Å². The fourth-order valence-corrected chi connectivity index (χ4v) is 3.41. The van der Waals surface area contributed by atoms with E-state index in [9.17, 15) is 4.79 Å². The molecule has 0 spiro atoms. The molecule has 0 saturated carbocycles. The highest BCUT2D eigenvalue weighted by molar-refractivity contribution is 9.10. The fraction of sp³-hybridized carbons (Fsp3) is 0.778.